The van der Waals surface area contributed by atoms with E-state index in [1.807, 2.05) is 66.7 Å². The highest BCUT2D eigenvalue weighted by Crippen LogP contribution is 2.33. The second-order valence-electron chi connectivity index (χ2n) is 13.6. The number of nitrogens with zero attached hydrogens (tertiary/aromatic N) is 2. The Hall–Kier alpha value is -4.36. The molecule has 0 radical (unpaired) electrons. The molecule has 2 aliphatic rings. The van der Waals surface area contributed by atoms with Crippen LogP contribution >= 0.6 is 0 Å². The molecule has 3 heterocycles. The molecule has 0 saturated carbocycles. The Morgan fingerprint density at radius 1 is 1.00 bits per heavy atom. The summed E-state index contributed by atoms with van der Waals surface area (Å²) in [4.78, 5) is 43.9. The molecule has 5 unspecified atom stereocenters. The van der Waals surface area contributed by atoms with E-state index in [4.69, 9.17) is 18.9 Å². The number of methoxy groups -OCH3 is 1. The van der Waals surface area contributed by atoms with Crippen LogP contribution in [0, 0.1) is 17.3 Å². The highest BCUT2D eigenvalue weighted by Gasteiger charge is 2.44. The molecule has 1 aromatic heterocycles. The summed E-state index contributed by atoms with van der Waals surface area (Å²) in [5.74, 6) is -2.38. The first-order valence-corrected chi connectivity index (χ1v) is 16.6. The summed E-state index contributed by atoms with van der Waals surface area (Å²) in [5, 5.41) is 16.3. The third-order valence-corrected chi connectivity index (χ3v) is 8.88. The van der Waals surface area contributed by atoms with E-state index in [0.29, 0.717) is 6.61 Å². The predicted octanol–water partition coefficient (Wildman–Crippen LogP) is 3.88. The van der Waals surface area contributed by atoms with E-state index >= 15 is 0 Å². The number of amides is 2. The van der Waals surface area contributed by atoms with E-state index in [1.165, 1.54) is 7.11 Å². The van der Waals surface area contributed by atoms with E-state index in [0.717, 1.165) is 28.7 Å². The fraction of sp³-hybridized carbons (Fsp3) is 0.459. The molecule has 12 nitrogen and oxygen atoms in total. The van der Waals surface area contributed by atoms with Crippen molar-refractivity contribution >= 4 is 18.0 Å². The standard InChI is InChI=1S/C37H46N4O8/c1-37(2,3)32(34(44)46-4)33(43)39-29(19-24-12-14-26(15-13-24)27-11-8-17-38-20-27)30(42)22-41(21-25-9-6-5-7-10-25)40-36(45)49-31-23-48-35-28(31)16-18-47-35/h5-15,17,20,28-32,35,42H,16,18-19,21-23H2,1-4H3,(H,39,43)(H,40,45)/t28?,29-,30?,31?,32?,35?/m0/s1. The van der Waals surface area contributed by atoms with Crippen LogP contribution in [0.25, 0.3) is 11.1 Å². The number of ether oxygens (including phenoxy) is 4. The number of hydrogen-bond donors (Lipinski definition) is 3. The molecule has 0 spiro atoms. The molecule has 5 rings (SSSR count). The fourth-order valence-corrected chi connectivity index (χ4v) is 6.29. The number of aromatic nitrogens is 1. The molecule has 2 aliphatic heterocycles. The Bertz CT molecular complexity index is 1530. The molecule has 6 atom stereocenters. The van der Waals surface area contributed by atoms with Crippen LogP contribution < -0.4 is 10.7 Å². The number of nitrogens with one attached hydrogen (secondary N) is 2. The van der Waals surface area contributed by atoms with Crippen molar-refractivity contribution in [2.24, 2.45) is 17.3 Å². The number of fused-ring (bicyclic) bond motifs is 1. The summed E-state index contributed by atoms with van der Waals surface area (Å²) in [6.07, 6.45) is 1.77. The van der Waals surface area contributed by atoms with Gasteiger partial charge >= 0.3 is 12.1 Å². The Labute approximate surface area is 287 Å². The van der Waals surface area contributed by atoms with E-state index in [-0.39, 0.29) is 38.3 Å². The average molecular weight is 675 g/mol. The molecule has 49 heavy (non-hydrogen) atoms. The normalized spacial score (nSPS) is 20.6. The van der Waals surface area contributed by atoms with E-state index in [9.17, 15) is 19.5 Å². The third kappa shape index (κ3) is 9.63. The van der Waals surface area contributed by atoms with Gasteiger partial charge in [0.2, 0.25) is 5.91 Å². The molecular formula is C37H46N4O8. The monoisotopic (exact) mass is 674 g/mol. The van der Waals surface area contributed by atoms with Gasteiger partial charge < -0.3 is 29.4 Å². The number of pyridine rings is 1. The molecule has 3 N–H and O–H groups in total. The minimum atomic E-state index is -1.19. The smallest absolute Gasteiger partial charge is 0.422 e. The average Bonchev–Trinajstić information content (AvgIpc) is 3.70. The summed E-state index contributed by atoms with van der Waals surface area (Å²) in [7, 11) is 1.24. The van der Waals surface area contributed by atoms with Gasteiger partial charge in [-0.25, -0.2) is 9.80 Å². The summed E-state index contributed by atoms with van der Waals surface area (Å²) < 4.78 is 21.9. The van der Waals surface area contributed by atoms with E-state index in [2.05, 4.69) is 15.7 Å². The summed E-state index contributed by atoms with van der Waals surface area (Å²) in [6, 6.07) is 20.2. The lowest BCUT2D eigenvalue weighted by Crippen LogP contribution is -2.55. The molecule has 2 saturated heterocycles. The van der Waals surface area contributed by atoms with Crippen LogP contribution in [-0.2, 0) is 41.5 Å². The van der Waals surface area contributed by atoms with Crippen molar-refractivity contribution in [1.29, 1.82) is 0 Å². The van der Waals surface area contributed by atoms with Crippen LogP contribution in [0.2, 0.25) is 0 Å². The minimum absolute atomic E-state index is 0.0337. The van der Waals surface area contributed by atoms with Crippen molar-refractivity contribution in [2.45, 2.75) is 64.7 Å². The molecule has 2 amide bonds. The third-order valence-electron chi connectivity index (χ3n) is 8.88. The van der Waals surface area contributed by atoms with E-state index in [1.54, 1.807) is 38.2 Å². The van der Waals surface area contributed by atoms with Crippen molar-refractivity contribution in [3.63, 3.8) is 0 Å². The van der Waals surface area contributed by atoms with Crippen LogP contribution in [0.15, 0.2) is 79.1 Å². The zero-order valence-corrected chi connectivity index (χ0v) is 28.4. The largest absolute Gasteiger partial charge is 0.468 e. The highest BCUT2D eigenvalue weighted by atomic mass is 16.7. The second kappa shape index (κ2) is 16.4. The van der Waals surface area contributed by atoms with Gasteiger partial charge in [0.15, 0.2) is 6.29 Å². The molecular weight excluding hydrogens is 628 g/mol. The number of carbonyl (C=O) groups is 3. The predicted molar refractivity (Wildman–Crippen MR) is 180 cm³/mol. The number of rotatable bonds is 13. The lowest BCUT2D eigenvalue weighted by atomic mass is 9.80. The number of carbonyl (C=O) groups excluding carboxylic acids is 3. The highest BCUT2D eigenvalue weighted by molar-refractivity contribution is 5.98. The van der Waals surface area contributed by atoms with Crippen molar-refractivity contribution in [1.82, 2.24) is 20.7 Å². The molecule has 0 aliphatic carbocycles. The Balaban J connectivity index is 1.36. The van der Waals surface area contributed by atoms with Crippen LogP contribution in [0.3, 0.4) is 0 Å². The number of benzene rings is 2. The van der Waals surface area contributed by atoms with Gasteiger partial charge in [-0.1, -0.05) is 81.4 Å². The molecule has 12 heteroatoms. The second-order valence-corrected chi connectivity index (χ2v) is 13.6. The minimum Gasteiger partial charge on any atom is -0.468 e. The van der Waals surface area contributed by atoms with Crippen LogP contribution in [0.4, 0.5) is 4.79 Å². The summed E-state index contributed by atoms with van der Waals surface area (Å²) in [6.45, 7) is 6.31. The maximum absolute atomic E-state index is 13.7. The lowest BCUT2D eigenvalue weighted by Gasteiger charge is -2.33. The number of aliphatic hydroxyl groups excluding tert-OH is 1. The van der Waals surface area contributed by atoms with Crippen LogP contribution in [-0.4, -0.2) is 84.5 Å². The zero-order valence-electron chi connectivity index (χ0n) is 28.4. The van der Waals surface area contributed by atoms with Gasteiger partial charge in [-0.15, -0.1) is 0 Å². The first kappa shape index (κ1) is 35.9. The number of hydrazine groups is 1. The van der Waals surface area contributed by atoms with Gasteiger partial charge in [-0.2, -0.15) is 0 Å². The van der Waals surface area contributed by atoms with E-state index < -0.39 is 47.6 Å². The van der Waals surface area contributed by atoms with Crippen molar-refractivity contribution in [3.8, 4) is 11.1 Å². The number of hydrogen-bond acceptors (Lipinski definition) is 10. The first-order valence-electron chi connectivity index (χ1n) is 16.6. The molecule has 0 bridgehead atoms. The van der Waals surface area contributed by atoms with Crippen molar-refractivity contribution in [2.75, 3.05) is 26.9 Å². The van der Waals surface area contributed by atoms with Crippen LogP contribution in [0.5, 0.6) is 0 Å². The van der Waals surface area contributed by atoms with Crippen molar-refractivity contribution < 1.29 is 38.4 Å². The number of aliphatic hydroxyl groups is 1. The lowest BCUT2D eigenvalue weighted by molar-refractivity contribution is -0.155. The summed E-state index contributed by atoms with van der Waals surface area (Å²) in [5.41, 5.74) is 5.70. The van der Waals surface area contributed by atoms with Gasteiger partial charge in [0.1, 0.15) is 12.0 Å². The molecule has 2 fully saturated rings. The van der Waals surface area contributed by atoms with Crippen molar-refractivity contribution in [3.05, 3.63) is 90.3 Å². The first-order chi connectivity index (χ1) is 23.5. The van der Waals surface area contributed by atoms with Gasteiger partial charge in [0.05, 0.1) is 38.4 Å². The fourth-order valence-electron chi connectivity index (χ4n) is 6.29. The van der Waals surface area contributed by atoms with Gasteiger partial charge in [0, 0.05) is 25.5 Å². The van der Waals surface area contributed by atoms with Crippen LogP contribution in [0.1, 0.15) is 38.3 Å². The number of esters is 1. The Morgan fingerprint density at radius 3 is 2.43 bits per heavy atom. The quantitative estimate of drug-likeness (QED) is 0.139. The molecule has 262 valence electrons. The maximum atomic E-state index is 13.7. The van der Waals surface area contributed by atoms with Gasteiger partial charge in [-0.3, -0.25) is 20.0 Å². The molecule has 3 aromatic rings. The zero-order chi connectivity index (χ0) is 35.0. The maximum Gasteiger partial charge on any atom is 0.422 e. The van der Waals surface area contributed by atoms with Gasteiger partial charge in [0.25, 0.3) is 0 Å². The Morgan fingerprint density at radius 2 is 1.76 bits per heavy atom. The SMILES string of the molecule is COC(=O)C(C(=O)N[C@@H](Cc1ccc(-c2cccnc2)cc1)C(O)CN(Cc1ccccc1)NC(=O)OC1COC2OCCC12)C(C)(C)C. The molecule has 2 aromatic carbocycles. The Kier molecular flexibility index (Phi) is 12.0. The topological polar surface area (TPSA) is 149 Å². The van der Waals surface area contributed by atoms with Gasteiger partial charge in [-0.05, 0) is 46.6 Å². The summed E-state index contributed by atoms with van der Waals surface area (Å²) >= 11 is 0.